The van der Waals surface area contributed by atoms with Gasteiger partial charge in [-0.3, -0.25) is 4.79 Å². The van der Waals surface area contributed by atoms with E-state index in [1.165, 1.54) is 0 Å². The van der Waals surface area contributed by atoms with Crippen molar-refractivity contribution in [3.8, 4) is 0 Å². The molecule has 1 aromatic carbocycles. The molecule has 1 heterocycles. The number of hydrogen-bond donors (Lipinski definition) is 2. The van der Waals surface area contributed by atoms with E-state index < -0.39 is 0 Å². The van der Waals surface area contributed by atoms with Crippen LogP contribution in [0.3, 0.4) is 0 Å². The number of carbonyl (C=O) groups is 1. The Balaban J connectivity index is 2.40. The Bertz CT molecular complexity index is 374. The molecule has 3 N–H and O–H groups in total. The van der Waals surface area contributed by atoms with Crippen LogP contribution in [0.1, 0.15) is 21.5 Å². The Morgan fingerprint density at radius 3 is 3.07 bits per heavy atom. The first-order chi connectivity index (χ1) is 6.70. The third-order valence-electron chi connectivity index (χ3n) is 2.60. The summed E-state index contributed by atoms with van der Waals surface area (Å²) in [6, 6.07) is 6.08. The van der Waals surface area contributed by atoms with Gasteiger partial charge in [-0.2, -0.15) is 0 Å². The average Bonchev–Trinajstić information content (AvgIpc) is 2.19. The number of aryl methyl sites for hydroxylation is 1. The normalized spacial score (nSPS) is 20.1. The summed E-state index contributed by atoms with van der Waals surface area (Å²) in [7, 11) is 0. The summed E-state index contributed by atoms with van der Waals surface area (Å²) in [5.74, 6) is 0.00500. The summed E-state index contributed by atoms with van der Waals surface area (Å²) in [6.07, 6.45) is 0.845. The van der Waals surface area contributed by atoms with E-state index in [0.717, 1.165) is 23.1 Å². The third-order valence-corrected chi connectivity index (χ3v) is 2.60. The van der Waals surface area contributed by atoms with Crippen LogP contribution in [-0.4, -0.2) is 18.5 Å². The summed E-state index contributed by atoms with van der Waals surface area (Å²) in [4.78, 5) is 11.6. The average molecular weight is 190 g/mol. The molecular weight excluding hydrogens is 176 g/mol. The first-order valence-electron chi connectivity index (χ1n) is 4.81. The lowest BCUT2D eigenvalue weighted by Crippen LogP contribution is -2.45. The molecule has 1 amide bonds. The van der Waals surface area contributed by atoms with Crippen LogP contribution in [0, 0.1) is 6.92 Å². The van der Waals surface area contributed by atoms with Crippen molar-refractivity contribution < 1.29 is 4.79 Å². The Morgan fingerprint density at radius 1 is 1.57 bits per heavy atom. The fraction of sp³-hybridized carbons (Fsp3) is 0.364. The van der Waals surface area contributed by atoms with Crippen LogP contribution < -0.4 is 11.1 Å². The van der Waals surface area contributed by atoms with Crippen LogP contribution in [0.25, 0.3) is 0 Å². The molecule has 0 saturated carbocycles. The number of fused-ring (bicyclic) bond motifs is 1. The number of benzene rings is 1. The SMILES string of the molecule is Cc1ccc2c(c1)C(=O)NC(CN)C2. The maximum absolute atomic E-state index is 11.6. The van der Waals surface area contributed by atoms with Gasteiger partial charge in [0.05, 0.1) is 0 Å². The van der Waals surface area contributed by atoms with Gasteiger partial charge in [-0.1, -0.05) is 17.7 Å². The van der Waals surface area contributed by atoms with Crippen molar-refractivity contribution in [2.24, 2.45) is 5.73 Å². The molecule has 3 nitrogen and oxygen atoms in total. The van der Waals surface area contributed by atoms with Gasteiger partial charge in [0.1, 0.15) is 0 Å². The van der Waals surface area contributed by atoms with Crippen molar-refractivity contribution in [2.45, 2.75) is 19.4 Å². The molecule has 0 aromatic heterocycles. The van der Waals surface area contributed by atoms with Crippen molar-refractivity contribution in [1.82, 2.24) is 5.32 Å². The van der Waals surface area contributed by atoms with E-state index in [9.17, 15) is 4.79 Å². The number of nitrogens with two attached hydrogens (primary N) is 1. The number of nitrogens with one attached hydrogen (secondary N) is 1. The second-order valence-corrected chi connectivity index (χ2v) is 3.77. The van der Waals surface area contributed by atoms with Gasteiger partial charge < -0.3 is 11.1 Å². The summed E-state index contributed by atoms with van der Waals surface area (Å²) in [6.45, 7) is 2.49. The molecule has 1 aromatic rings. The van der Waals surface area contributed by atoms with E-state index in [1.54, 1.807) is 0 Å². The van der Waals surface area contributed by atoms with Crippen LogP contribution in [0.5, 0.6) is 0 Å². The molecule has 0 fully saturated rings. The smallest absolute Gasteiger partial charge is 0.251 e. The van der Waals surface area contributed by atoms with E-state index in [-0.39, 0.29) is 11.9 Å². The topological polar surface area (TPSA) is 55.1 Å². The number of hydrogen-bond acceptors (Lipinski definition) is 2. The van der Waals surface area contributed by atoms with Gasteiger partial charge in [0.15, 0.2) is 0 Å². The van der Waals surface area contributed by atoms with Gasteiger partial charge in [-0.05, 0) is 25.0 Å². The summed E-state index contributed by atoms with van der Waals surface area (Å²) < 4.78 is 0. The zero-order valence-electron chi connectivity index (χ0n) is 8.21. The van der Waals surface area contributed by atoms with Crippen LogP contribution in [0.4, 0.5) is 0 Å². The van der Waals surface area contributed by atoms with E-state index in [2.05, 4.69) is 5.32 Å². The Labute approximate surface area is 83.3 Å². The molecule has 0 bridgehead atoms. The second kappa shape index (κ2) is 3.42. The van der Waals surface area contributed by atoms with Crippen molar-refractivity contribution >= 4 is 5.91 Å². The summed E-state index contributed by atoms with van der Waals surface area (Å²) in [5, 5.41) is 2.89. The maximum atomic E-state index is 11.6. The van der Waals surface area contributed by atoms with Gasteiger partial charge in [-0.15, -0.1) is 0 Å². The van der Waals surface area contributed by atoms with Crippen LogP contribution in [0.2, 0.25) is 0 Å². The number of rotatable bonds is 1. The lowest BCUT2D eigenvalue weighted by molar-refractivity contribution is 0.0927. The lowest BCUT2D eigenvalue weighted by Gasteiger charge is -2.24. The fourth-order valence-corrected chi connectivity index (χ4v) is 1.80. The van der Waals surface area contributed by atoms with Gasteiger partial charge in [0, 0.05) is 18.2 Å². The van der Waals surface area contributed by atoms with E-state index >= 15 is 0 Å². The molecule has 74 valence electrons. The Kier molecular flexibility index (Phi) is 2.25. The fourth-order valence-electron chi connectivity index (χ4n) is 1.80. The Morgan fingerprint density at radius 2 is 2.36 bits per heavy atom. The Hall–Kier alpha value is -1.35. The highest BCUT2D eigenvalue weighted by atomic mass is 16.1. The largest absolute Gasteiger partial charge is 0.348 e. The minimum atomic E-state index is 0.00500. The first-order valence-corrected chi connectivity index (χ1v) is 4.81. The molecule has 2 rings (SSSR count). The van der Waals surface area contributed by atoms with Crippen LogP contribution in [0.15, 0.2) is 18.2 Å². The van der Waals surface area contributed by atoms with Crippen molar-refractivity contribution in [3.63, 3.8) is 0 Å². The molecule has 0 spiro atoms. The predicted molar refractivity (Wildman–Crippen MR) is 55.2 cm³/mol. The highest BCUT2D eigenvalue weighted by Gasteiger charge is 2.22. The zero-order valence-corrected chi connectivity index (χ0v) is 8.21. The highest BCUT2D eigenvalue weighted by Crippen LogP contribution is 2.17. The lowest BCUT2D eigenvalue weighted by atomic mass is 9.94. The second-order valence-electron chi connectivity index (χ2n) is 3.77. The standard InChI is InChI=1S/C11H14N2O/c1-7-2-3-8-5-9(6-12)13-11(14)10(8)4-7/h2-4,9H,5-6,12H2,1H3,(H,13,14). The van der Waals surface area contributed by atoms with E-state index in [4.69, 9.17) is 5.73 Å². The minimum Gasteiger partial charge on any atom is -0.348 e. The molecule has 1 atom stereocenters. The molecule has 1 unspecified atom stereocenters. The van der Waals surface area contributed by atoms with Crippen molar-refractivity contribution in [1.29, 1.82) is 0 Å². The molecule has 0 aliphatic carbocycles. The molecule has 0 saturated heterocycles. The van der Waals surface area contributed by atoms with Crippen LogP contribution >= 0.6 is 0 Å². The number of amides is 1. The molecule has 1 aliphatic heterocycles. The molecule has 3 heteroatoms. The minimum absolute atomic E-state index is 0.00500. The van der Waals surface area contributed by atoms with Crippen molar-refractivity contribution in [3.05, 3.63) is 34.9 Å². The molecular formula is C11H14N2O. The van der Waals surface area contributed by atoms with E-state index in [1.807, 2.05) is 25.1 Å². The van der Waals surface area contributed by atoms with Gasteiger partial charge >= 0.3 is 0 Å². The van der Waals surface area contributed by atoms with Crippen LogP contribution in [-0.2, 0) is 6.42 Å². The monoisotopic (exact) mass is 190 g/mol. The third kappa shape index (κ3) is 1.51. The molecule has 1 aliphatic rings. The summed E-state index contributed by atoms with van der Waals surface area (Å²) in [5.41, 5.74) is 8.56. The van der Waals surface area contributed by atoms with E-state index in [0.29, 0.717) is 6.54 Å². The molecule has 14 heavy (non-hydrogen) atoms. The van der Waals surface area contributed by atoms with Crippen molar-refractivity contribution in [2.75, 3.05) is 6.54 Å². The maximum Gasteiger partial charge on any atom is 0.251 e. The van der Waals surface area contributed by atoms with Gasteiger partial charge in [0.25, 0.3) is 5.91 Å². The molecule has 0 radical (unpaired) electrons. The first kappa shape index (κ1) is 9.21. The highest BCUT2D eigenvalue weighted by molar-refractivity contribution is 5.97. The van der Waals surface area contributed by atoms with Gasteiger partial charge in [-0.25, -0.2) is 0 Å². The number of carbonyl (C=O) groups excluding carboxylic acids is 1. The quantitative estimate of drug-likeness (QED) is 0.681. The predicted octanol–water partition coefficient (Wildman–Crippen LogP) is 0.608. The van der Waals surface area contributed by atoms with Gasteiger partial charge in [0.2, 0.25) is 0 Å². The zero-order chi connectivity index (χ0) is 10.1. The summed E-state index contributed by atoms with van der Waals surface area (Å²) >= 11 is 0.